The third-order valence-corrected chi connectivity index (χ3v) is 6.71. The summed E-state index contributed by atoms with van der Waals surface area (Å²) in [6, 6.07) is 13.8. The number of para-hydroxylation sites is 1. The molecular formula is C25H28N4O4S. The third kappa shape index (κ3) is 5.91. The van der Waals surface area contributed by atoms with Gasteiger partial charge in [0.25, 0.3) is 0 Å². The molecule has 34 heavy (non-hydrogen) atoms. The molecule has 1 saturated carbocycles. The quantitative estimate of drug-likeness (QED) is 0.466. The number of hydrogen-bond donors (Lipinski definition) is 2. The Balaban J connectivity index is 1.54. The first kappa shape index (κ1) is 23.7. The zero-order chi connectivity index (χ0) is 23.9. The number of rotatable bonds is 9. The molecule has 9 heteroatoms. The number of hydrogen-bond acceptors (Lipinski definition) is 6. The summed E-state index contributed by atoms with van der Waals surface area (Å²) >= 11 is 1.43. The average Bonchev–Trinajstić information content (AvgIpc) is 3.60. The lowest BCUT2D eigenvalue weighted by Crippen LogP contribution is -2.46. The summed E-state index contributed by atoms with van der Waals surface area (Å²) in [6.07, 6.45) is 3.98. The van der Waals surface area contributed by atoms with Gasteiger partial charge in [0, 0.05) is 35.5 Å². The fourth-order valence-corrected chi connectivity index (χ4v) is 4.98. The number of carbonyl (C=O) groups excluding carboxylic acids is 3. The second-order valence-electron chi connectivity index (χ2n) is 8.38. The Morgan fingerprint density at radius 1 is 1.12 bits per heavy atom. The molecule has 3 aromatic rings. The smallest absolute Gasteiger partial charge is 0.248 e. The number of nitrogens with one attached hydrogen (secondary N) is 2. The maximum atomic E-state index is 13.5. The van der Waals surface area contributed by atoms with E-state index < -0.39 is 6.04 Å². The summed E-state index contributed by atoms with van der Waals surface area (Å²) < 4.78 is 4.96. The predicted octanol–water partition coefficient (Wildman–Crippen LogP) is 4.60. The van der Waals surface area contributed by atoms with Gasteiger partial charge in [-0.1, -0.05) is 42.3 Å². The predicted molar refractivity (Wildman–Crippen MR) is 130 cm³/mol. The molecule has 2 heterocycles. The highest BCUT2D eigenvalue weighted by atomic mass is 32.1. The standard InChI is InChI=1S/C25H28N4O4S/c1-17-16-21(28-33-17)27-22(30)13-14-23(31)29(19-10-3-2-4-11-19)24(20-12-7-15-34-20)25(32)26-18-8-5-6-9-18/h2-4,7,10-12,15-16,18,24H,5-6,8-9,13-14H2,1H3,(H,26,32)(H,27,28,30)/t24-/m1/s1. The van der Waals surface area contributed by atoms with Crippen molar-refractivity contribution in [2.75, 3.05) is 10.2 Å². The van der Waals surface area contributed by atoms with Crippen molar-refractivity contribution >= 4 is 40.6 Å². The van der Waals surface area contributed by atoms with Gasteiger partial charge in [-0.05, 0) is 43.3 Å². The highest BCUT2D eigenvalue weighted by Crippen LogP contribution is 2.32. The number of aryl methyl sites for hydroxylation is 1. The minimum absolute atomic E-state index is 0.0462. The maximum absolute atomic E-state index is 13.5. The summed E-state index contributed by atoms with van der Waals surface area (Å²) in [6.45, 7) is 1.73. The fourth-order valence-electron chi connectivity index (χ4n) is 4.17. The van der Waals surface area contributed by atoms with Gasteiger partial charge in [-0.3, -0.25) is 19.3 Å². The molecule has 0 saturated heterocycles. The summed E-state index contributed by atoms with van der Waals surface area (Å²) in [5, 5.41) is 11.4. The van der Waals surface area contributed by atoms with E-state index in [0.717, 1.165) is 30.6 Å². The number of aromatic nitrogens is 1. The Morgan fingerprint density at radius 3 is 2.53 bits per heavy atom. The van der Waals surface area contributed by atoms with E-state index in [2.05, 4.69) is 15.8 Å². The van der Waals surface area contributed by atoms with Crippen molar-refractivity contribution in [1.29, 1.82) is 0 Å². The van der Waals surface area contributed by atoms with Crippen LogP contribution in [-0.2, 0) is 14.4 Å². The minimum atomic E-state index is -0.809. The van der Waals surface area contributed by atoms with Crippen LogP contribution in [0.15, 0.2) is 58.4 Å². The van der Waals surface area contributed by atoms with E-state index in [9.17, 15) is 14.4 Å². The normalized spacial score (nSPS) is 14.5. The zero-order valence-corrected chi connectivity index (χ0v) is 19.8. The lowest BCUT2D eigenvalue weighted by molar-refractivity contribution is -0.127. The first-order valence-corrected chi connectivity index (χ1v) is 12.3. The Labute approximate surface area is 202 Å². The van der Waals surface area contributed by atoms with Gasteiger partial charge in [-0.25, -0.2) is 0 Å². The molecule has 4 rings (SSSR count). The molecule has 0 aliphatic heterocycles. The van der Waals surface area contributed by atoms with Gasteiger partial charge in [-0.15, -0.1) is 11.3 Å². The van der Waals surface area contributed by atoms with Gasteiger partial charge >= 0.3 is 0 Å². The van der Waals surface area contributed by atoms with Crippen molar-refractivity contribution in [3.8, 4) is 0 Å². The number of amides is 3. The lowest BCUT2D eigenvalue weighted by Gasteiger charge is -2.31. The Morgan fingerprint density at radius 2 is 1.88 bits per heavy atom. The molecule has 0 radical (unpaired) electrons. The number of benzene rings is 1. The van der Waals surface area contributed by atoms with Crippen molar-refractivity contribution in [1.82, 2.24) is 10.5 Å². The molecule has 1 aliphatic carbocycles. The zero-order valence-electron chi connectivity index (χ0n) is 19.0. The van der Waals surface area contributed by atoms with Crippen molar-refractivity contribution in [2.24, 2.45) is 0 Å². The SMILES string of the molecule is Cc1cc(NC(=O)CCC(=O)N(c2ccccc2)[C@@H](C(=O)NC2CCCC2)c2cccs2)no1. The first-order chi connectivity index (χ1) is 16.5. The van der Waals surface area contributed by atoms with Crippen LogP contribution in [0.2, 0.25) is 0 Å². The second-order valence-corrected chi connectivity index (χ2v) is 9.36. The van der Waals surface area contributed by atoms with Gasteiger partial charge in [-0.2, -0.15) is 0 Å². The second kappa shape index (κ2) is 11.1. The minimum Gasteiger partial charge on any atom is -0.360 e. The van der Waals surface area contributed by atoms with Crippen LogP contribution in [0.3, 0.4) is 0 Å². The van der Waals surface area contributed by atoms with Crippen LogP contribution in [0.5, 0.6) is 0 Å². The van der Waals surface area contributed by atoms with Crippen LogP contribution in [0.4, 0.5) is 11.5 Å². The van der Waals surface area contributed by atoms with Crippen LogP contribution in [0, 0.1) is 6.92 Å². The Bertz CT molecular complexity index is 1110. The van der Waals surface area contributed by atoms with E-state index in [1.54, 1.807) is 25.1 Å². The molecule has 2 N–H and O–H groups in total. The fraction of sp³-hybridized carbons (Fsp3) is 0.360. The number of carbonyl (C=O) groups is 3. The van der Waals surface area contributed by atoms with Crippen LogP contribution in [0.1, 0.15) is 55.2 Å². The van der Waals surface area contributed by atoms with Crippen molar-refractivity contribution < 1.29 is 18.9 Å². The van der Waals surface area contributed by atoms with E-state index in [-0.39, 0.29) is 36.6 Å². The number of nitrogens with zero attached hydrogens (tertiary/aromatic N) is 2. The van der Waals surface area contributed by atoms with Gasteiger partial charge < -0.3 is 15.2 Å². The van der Waals surface area contributed by atoms with Crippen LogP contribution < -0.4 is 15.5 Å². The lowest BCUT2D eigenvalue weighted by atomic mass is 10.1. The molecule has 3 amide bonds. The highest BCUT2D eigenvalue weighted by Gasteiger charge is 2.34. The van der Waals surface area contributed by atoms with E-state index in [1.807, 2.05) is 35.7 Å². The topological polar surface area (TPSA) is 105 Å². The highest BCUT2D eigenvalue weighted by molar-refractivity contribution is 7.10. The molecule has 8 nitrogen and oxygen atoms in total. The van der Waals surface area contributed by atoms with Crippen LogP contribution in [-0.4, -0.2) is 28.9 Å². The van der Waals surface area contributed by atoms with Crippen molar-refractivity contribution in [3.05, 3.63) is 64.5 Å². The van der Waals surface area contributed by atoms with Gasteiger partial charge in [0.1, 0.15) is 11.8 Å². The summed E-state index contributed by atoms with van der Waals surface area (Å²) in [4.78, 5) is 41.7. The molecule has 1 aromatic carbocycles. The van der Waals surface area contributed by atoms with E-state index in [1.165, 1.54) is 16.2 Å². The third-order valence-electron chi connectivity index (χ3n) is 5.79. The summed E-state index contributed by atoms with van der Waals surface area (Å²) in [7, 11) is 0. The summed E-state index contributed by atoms with van der Waals surface area (Å²) in [5.41, 5.74) is 0.611. The van der Waals surface area contributed by atoms with Crippen LogP contribution >= 0.6 is 11.3 Å². The maximum Gasteiger partial charge on any atom is 0.248 e. The monoisotopic (exact) mass is 480 g/mol. The van der Waals surface area contributed by atoms with E-state index in [4.69, 9.17) is 4.52 Å². The number of thiophene rings is 1. The summed E-state index contributed by atoms with van der Waals surface area (Å²) in [5.74, 6) is 0.0282. The van der Waals surface area contributed by atoms with Crippen molar-refractivity contribution in [2.45, 2.75) is 57.5 Å². The molecule has 178 valence electrons. The molecule has 0 spiro atoms. The molecule has 1 fully saturated rings. The van der Waals surface area contributed by atoms with Gasteiger partial charge in [0.2, 0.25) is 17.7 Å². The number of anilines is 2. The molecule has 0 bridgehead atoms. The largest absolute Gasteiger partial charge is 0.360 e. The van der Waals surface area contributed by atoms with E-state index in [0.29, 0.717) is 17.3 Å². The molecule has 0 unspecified atom stereocenters. The first-order valence-electron chi connectivity index (χ1n) is 11.5. The van der Waals surface area contributed by atoms with Gasteiger partial charge in [0.15, 0.2) is 5.82 Å². The molecular weight excluding hydrogens is 452 g/mol. The van der Waals surface area contributed by atoms with E-state index >= 15 is 0 Å². The Kier molecular flexibility index (Phi) is 7.74. The molecule has 1 atom stereocenters. The molecule has 1 aliphatic rings. The molecule has 2 aromatic heterocycles. The Hall–Kier alpha value is -3.46. The van der Waals surface area contributed by atoms with Gasteiger partial charge in [0.05, 0.1) is 0 Å². The average molecular weight is 481 g/mol. The van der Waals surface area contributed by atoms with Crippen LogP contribution in [0.25, 0.3) is 0 Å². The van der Waals surface area contributed by atoms with Crippen molar-refractivity contribution in [3.63, 3.8) is 0 Å².